The summed E-state index contributed by atoms with van der Waals surface area (Å²) in [5, 5.41) is 4.30. The topological polar surface area (TPSA) is 32.3 Å². The van der Waals surface area contributed by atoms with Crippen LogP contribution in [-0.4, -0.2) is 36.0 Å². The average Bonchev–Trinajstić information content (AvgIpc) is 2.72. The van der Waals surface area contributed by atoms with Gasteiger partial charge >= 0.3 is 0 Å². The Kier molecular flexibility index (Phi) is 4.01. The van der Waals surface area contributed by atoms with Crippen molar-refractivity contribution in [1.29, 1.82) is 0 Å². The van der Waals surface area contributed by atoms with Gasteiger partial charge in [-0.05, 0) is 60.1 Å². The van der Waals surface area contributed by atoms with E-state index in [4.69, 9.17) is 11.6 Å². The molecule has 0 aromatic heterocycles. The normalized spacial score (nSPS) is 26.3. The Bertz CT molecular complexity index is 508. The van der Waals surface area contributed by atoms with Gasteiger partial charge < -0.3 is 10.2 Å². The third kappa shape index (κ3) is 2.90. The van der Waals surface area contributed by atoms with Crippen molar-refractivity contribution in [3.8, 4) is 0 Å². The first kappa shape index (κ1) is 13.6. The highest BCUT2D eigenvalue weighted by Gasteiger charge is 2.31. The van der Waals surface area contributed by atoms with Crippen LogP contribution < -0.4 is 5.32 Å². The predicted octanol–water partition coefficient (Wildman–Crippen LogP) is 2.91. The molecule has 2 fully saturated rings. The van der Waals surface area contributed by atoms with Gasteiger partial charge in [0.15, 0.2) is 0 Å². The van der Waals surface area contributed by atoms with Gasteiger partial charge in [0.25, 0.3) is 5.91 Å². The summed E-state index contributed by atoms with van der Waals surface area (Å²) in [6, 6.07) is 6.58. The maximum absolute atomic E-state index is 12.5. The van der Waals surface area contributed by atoms with E-state index < -0.39 is 0 Å². The van der Waals surface area contributed by atoms with Crippen LogP contribution in [0.4, 0.5) is 0 Å². The maximum atomic E-state index is 12.5. The zero-order chi connectivity index (χ0) is 13.4. The lowest BCUT2D eigenvalue weighted by Crippen LogP contribution is -2.39. The molecule has 0 aliphatic carbocycles. The third-order valence-electron chi connectivity index (χ3n) is 3.98. The number of amides is 1. The molecule has 1 aromatic carbocycles. The highest BCUT2D eigenvalue weighted by atomic mass is 127. The molecule has 2 aliphatic rings. The number of hydrogen-bond donors (Lipinski definition) is 1. The van der Waals surface area contributed by atoms with Crippen LogP contribution in [0.3, 0.4) is 0 Å². The van der Waals surface area contributed by atoms with Crippen LogP contribution in [0, 0.1) is 3.57 Å². The Labute approximate surface area is 131 Å². The monoisotopic (exact) mass is 390 g/mol. The lowest BCUT2D eigenvalue weighted by Gasteiger charge is -2.24. The third-order valence-corrected chi connectivity index (χ3v) is 5.52. The zero-order valence-electron chi connectivity index (χ0n) is 10.5. The van der Waals surface area contributed by atoms with Gasteiger partial charge in [0.05, 0.1) is 5.02 Å². The average molecular weight is 391 g/mol. The molecule has 2 heterocycles. The predicted molar refractivity (Wildman–Crippen MR) is 84.6 cm³/mol. The number of rotatable bonds is 1. The van der Waals surface area contributed by atoms with Crippen molar-refractivity contribution in [2.45, 2.75) is 31.3 Å². The number of fused-ring (bicyclic) bond motifs is 2. The SMILES string of the molecule is O=C(c1ccc(Cl)c(I)c1)N1CCC2CCC(C1)N2. The molecule has 3 rings (SSSR count). The van der Waals surface area contributed by atoms with Gasteiger partial charge in [-0.3, -0.25) is 4.79 Å². The van der Waals surface area contributed by atoms with Crippen molar-refractivity contribution in [2.24, 2.45) is 0 Å². The molecule has 1 N–H and O–H groups in total. The number of likely N-dealkylation sites (tertiary alicyclic amines) is 1. The van der Waals surface area contributed by atoms with Crippen LogP contribution >= 0.6 is 34.2 Å². The standard InChI is InChI=1S/C14H16ClIN2O/c15-12-4-1-9(7-13(12)16)14(19)18-6-5-10-2-3-11(8-18)17-10/h1,4,7,10-11,17H,2-3,5-6,8H2. The number of nitrogens with one attached hydrogen (secondary N) is 1. The van der Waals surface area contributed by atoms with E-state index in [2.05, 4.69) is 27.9 Å². The van der Waals surface area contributed by atoms with E-state index in [1.54, 1.807) is 6.07 Å². The Morgan fingerprint density at radius 3 is 2.89 bits per heavy atom. The molecular formula is C14H16ClIN2O. The van der Waals surface area contributed by atoms with Gasteiger partial charge in [-0.2, -0.15) is 0 Å². The molecule has 2 unspecified atom stereocenters. The molecule has 0 saturated carbocycles. The fraction of sp³-hybridized carbons (Fsp3) is 0.500. The van der Waals surface area contributed by atoms with Crippen LogP contribution in [-0.2, 0) is 0 Å². The van der Waals surface area contributed by atoms with E-state index in [1.165, 1.54) is 12.8 Å². The van der Waals surface area contributed by atoms with Gasteiger partial charge in [-0.25, -0.2) is 0 Å². The summed E-state index contributed by atoms with van der Waals surface area (Å²) >= 11 is 8.17. The summed E-state index contributed by atoms with van der Waals surface area (Å²) in [7, 11) is 0. The number of hydrogen-bond acceptors (Lipinski definition) is 2. The van der Waals surface area contributed by atoms with Gasteiger partial charge in [-0.15, -0.1) is 0 Å². The minimum Gasteiger partial charge on any atom is -0.337 e. The molecule has 19 heavy (non-hydrogen) atoms. The lowest BCUT2D eigenvalue weighted by molar-refractivity contribution is 0.0748. The quantitative estimate of drug-likeness (QED) is 0.748. The summed E-state index contributed by atoms with van der Waals surface area (Å²) < 4.78 is 0.930. The number of nitrogens with zero attached hydrogens (tertiary/aromatic N) is 1. The van der Waals surface area contributed by atoms with E-state index in [0.717, 1.165) is 28.6 Å². The summed E-state index contributed by atoms with van der Waals surface area (Å²) in [5.74, 6) is 0.129. The first-order valence-electron chi connectivity index (χ1n) is 6.64. The molecule has 5 heteroatoms. The summed E-state index contributed by atoms with van der Waals surface area (Å²) in [6.45, 7) is 1.68. The first-order valence-corrected chi connectivity index (χ1v) is 8.09. The second-order valence-corrected chi connectivity index (χ2v) is 6.88. The lowest BCUT2D eigenvalue weighted by atomic mass is 10.1. The molecule has 2 aliphatic heterocycles. The molecule has 2 atom stereocenters. The molecular weight excluding hydrogens is 375 g/mol. The van der Waals surface area contributed by atoms with E-state index in [9.17, 15) is 4.79 Å². The van der Waals surface area contributed by atoms with Crippen molar-refractivity contribution >= 4 is 40.1 Å². The number of carbonyl (C=O) groups excluding carboxylic acids is 1. The second-order valence-electron chi connectivity index (χ2n) is 5.31. The van der Waals surface area contributed by atoms with Crippen molar-refractivity contribution in [1.82, 2.24) is 10.2 Å². The smallest absolute Gasteiger partial charge is 0.253 e. The van der Waals surface area contributed by atoms with E-state index in [0.29, 0.717) is 17.1 Å². The largest absolute Gasteiger partial charge is 0.337 e. The molecule has 0 spiro atoms. The summed E-state index contributed by atoms with van der Waals surface area (Å²) in [6.07, 6.45) is 3.51. The Balaban J connectivity index is 1.77. The Morgan fingerprint density at radius 2 is 2.11 bits per heavy atom. The van der Waals surface area contributed by atoms with Crippen LogP contribution in [0.15, 0.2) is 18.2 Å². The van der Waals surface area contributed by atoms with Crippen LogP contribution in [0.25, 0.3) is 0 Å². The Hall–Kier alpha value is -0.330. The fourth-order valence-electron chi connectivity index (χ4n) is 2.94. The van der Waals surface area contributed by atoms with Gasteiger partial charge in [-0.1, -0.05) is 11.6 Å². The fourth-order valence-corrected chi connectivity index (χ4v) is 3.57. The number of carbonyl (C=O) groups is 1. The molecule has 2 bridgehead atoms. The van der Waals surface area contributed by atoms with Crippen molar-refractivity contribution in [2.75, 3.05) is 13.1 Å². The van der Waals surface area contributed by atoms with Crippen molar-refractivity contribution in [3.05, 3.63) is 32.4 Å². The van der Waals surface area contributed by atoms with Gasteiger partial charge in [0.1, 0.15) is 0 Å². The van der Waals surface area contributed by atoms with Crippen LogP contribution in [0.1, 0.15) is 29.6 Å². The van der Waals surface area contributed by atoms with Crippen molar-refractivity contribution in [3.63, 3.8) is 0 Å². The second kappa shape index (κ2) is 5.58. The molecule has 0 radical (unpaired) electrons. The molecule has 3 nitrogen and oxygen atoms in total. The molecule has 1 aromatic rings. The molecule has 1 amide bonds. The van der Waals surface area contributed by atoms with Crippen molar-refractivity contribution < 1.29 is 4.79 Å². The minimum atomic E-state index is 0.129. The summed E-state index contributed by atoms with van der Waals surface area (Å²) in [4.78, 5) is 14.5. The van der Waals surface area contributed by atoms with E-state index in [1.807, 2.05) is 17.0 Å². The minimum absolute atomic E-state index is 0.129. The molecule has 102 valence electrons. The van der Waals surface area contributed by atoms with Crippen LogP contribution in [0.5, 0.6) is 0 Å². The number of benzene rings is 1. The zero-order valence-corrected chi connectivity index (χ0v) is 13.4. The summed E-state index contributed by atoms with van der Waals surface area (Å²) in [5.41, 5.74) is 0.742. The van der Waals surface area contributed by atoms with E-state index in [-0.39, 0.29) is 5.91 Å². The maximum Gasteiger partial charge on any atom is 0.253 e. The highest BCUT2D eigenvalue weighted by Crippen LogP contribution is 2.23. The first-order chi connectivity index (χ1) is 9.13. The van der Waals surface area contributed by atoms with Gasteiger partial charge in [0.2, 0.25) is 0 Å². The van der Waals surface area contributed by atoms with Gasteiger partial charge in [0, 0.05) is 34.3 Å². The highest BCUT2D eigenvalue weighted by molar-refractivity contribution is 14.1. The van der Waals surface area contributed by atoms with Crippen LogP contribution in [0.2, 0.25) is 5.02 Å². The van der Waals surface area contributed by atoms with E-state index >= 15 is 0 Å². The molecule has 2 saturated heterocycles. The number of halogens is 2. The Morgan fingerprint density at radius 1 is 1.32 bits per heavy atom.